The summed E-state index contributed by atoms with van der Waals surface area (Å²) in [5, 5.41) is 3.89. The Morgan fingerprint density at radius 1 is 1.15 bits per heavy atom. The van der Waals surface area contributed by atoms with E-state index in [0.29, 0.717) is 16.1 Å². The van der Waals surface area contributed by atoms with Crippen molar-refractivity contribution in [1.82, 2.24) is 15.0 Å². The number of rotatable bonds is 7. The quantitative estimate of drug-likeness (QED) is 0.484. The molecule has 1 atom stereocenters. The number of para-hydroxylation sites is 2. The third-order valence-corrected chi connectivity index (χ3v) is 5.05. The molecule has 0 aliphatic carbocycles. The van der Waals surface area contributed by atoms with Crippen LogP contribution in [-0.4, -0.2) is 27.4 Å². The summed E-state index contributed by atoms with van der Waals surface area (Å²) in [6, 6.07) is 16.7. The molecule has 140 valence electrons. The van der Waals surface area contributed by atoms with Crippen molar-refractivity contribution in [2.24, 2.45) is 0 Å². The lowest BCUT2D eigenvalue weighted by atomic mass is 10.2. The van der Waals surface area contributed by atoms with Gasteiger partial charge >= 0.3 is 0 Å². The first-order valence-electron chi connectivity index (χ1n) is 8.84. The van der Waals surface area contributed by atoms with Crippen LogP contribution in [-0.2, 0) is 4.79 Å². The molecule has 2 aromatic carbocycles. The van der Waals surface area contributed by atoms with Crippen LogP contribution >= 0.6 is 11.8 Å². The Morgan fingerprint density at radius 3 is 2.59 bits per heavy atom. The van der Waals surface area contributed by atoms with Gasteiger partial charge in [0.2, 0.25) is 5.91 Å². The summed E-state index contributed by atoms with van der Waals surface area (Å²) in [6.45, 7) is 3.98. The summed E-state index contributed by atoms with van der Waals surface area (Å²) in [6.07, 6.45) is 0.866. The molecule has 3 aromatic rings. The second-order valence-corrected chi connectivity index (χ2v) is 7.14. The van der Waals surface area contributed by atoms with Gasteiger partial charge in [0.05, 0.1) is 22.3 Å². The molecule has 1 heterocycles. The van der Waals surface area contributed by atoms with Crippen LogP contribution in [0.3, 0.4) is 0 Å². The third kappa shape index (κ3) is 4.68. The van der Waals surface area contributed by atoms with Gasteiger partial charge in [-0.05, 0) is 37.6 Å². The Bertz CT molecular complexity index is 988. The molecule has 2 N–H and O–H groups in total. The highest BCUT2D eigenvalue weighted by Crippen LogP contribution is 2.18. The first-order chi connectivity index (χ1) is 13.1. The summed E-state index contributed by atoms with van der Waals surface area (Å²) in [5.74, 6) is 0.106. The summed E-state index contributed by atoms with van der Waals surface area (Å²) >= 11 is 1.23. The van der Waals surface area contributed by atoms with Gasteiger partial charge in [0.25, 0.3) is 5.56 Å². The van der Waals surface area contributed by atoms with Gasteiger partial charge in [-0.25, -0.2) is 4.98 Å². The lowest BCUT2D eigenvalue weighted by Gasteiger charge is -2.15. The first-order valence-corrected chi connectivity index (χ1v) is 9.83. The topological polar surface area (TPSA) is 76.0 Å². The second kappa shape index (κ2) is 8.73. The third-order valence-electron chi connectivity index (χ3n) is 4.11. The molecule has 0 saturated carbocycles. The number of nitrogens with zero attached hydrogens (tertiary/aromatic N) is 2. The van der Waals surface area contributed by atoms with E-state index in [4.69, 9.17) is 0 Å². The fourth-order valence-electron chi connectivity index (χ4n) is 2.50. The maximum absolute atomic E-state index is 13.0. The summed E-state index contributed by atoms with van der Waals surface area (Å²) in [7, 11) is 0. The summed E-state index contributed by atoms with van der Waals surface area (Å²) < 4.78 is 1.40. The number of thioether (sulfide) groups is 1. The molecule has 0 radical (unpaired) electrons. The van der Waals surface area contributed by atoms with Gasteiger partial charge in [0.15, 0.2) is 5.16 Å². The zero-order valence-electron chi connectivity index (χ0n) is 15.3. The molecule has 0 fully saturated rings. The van der Waals surface area contributed by atoms with Crippen LogP contribution in [0.15, 0.2) is 64.5 Å². The molecule has 1 aromatic heterocycles. The molecule has 6 nitrogen and oxygen atoms in total. The maximum atomic E-state index is 13.0. The fraction of sp³-hybridized carbons (Fsp3) is 0.250. The molecule has 7 heteroatoms. The van der Waals surface area contributed by atoms with E-state index in [1.165, 1.54) is 16.4 Å². The van der Waals surface area contributed by atoms with E-state index in [-0.39, 0.29) is 23.3 Å². The predicted octanol–water partition coefficient (Wildman–Crippen LogP) is 3.28. The highest BCUT2D eigenvalue weighted by Gasteiger charge is 2.14. The van der Waals surface area contributed by atoms with Gasteiger partial charge in [-0.3, -0.25) is 15.0 Å². The van der Waals surface area contributed by atoms with Crippen LogP contribution in [0, 0.1) is 0 Å². The van der Waals surface area contributed by atoms with Crippen molar-refractivity contribution >= 4 is 34.3 Å². The number of anilines is 1. The van der Waals surface area contributed by atoms with E-state index in [0.717, 1.165) is 12.1 Å². The minimum absolute atomic E-state index is 0.0805. The molecule has 0 bridgehead atoms. The predicted molar refractivity (Wildman–Crippen MR) is 110 cm³/mol. The van der Waals surface area contributed by atoms with Gasteiger partial charge in [-0.2, -0.15) is 4.68 Å². The average Bonchev–Trinajstić information content (AvgIpc) is 2.69. The van der Waals surface area contributed by atoms with Gasteiger partial charge in [-0.15, -0.1) is 0 Å². The van der Waals surface area contributed by atoms with E-state index >= 15 is 0 Å². The van der Waals surface area contributed by atoms with Gasteiger partial charge in [0, 0.05) is 6.04 Å². The van der Waals surface area contributed by atoms with Gasteiger partial charge in [0.1, 0.15) is 0 Å². The monoisotopic (exact) mass is 382 g/mol. The molecule has 0 saturated heterocycles. The molecule has 1 amide bonds. The van der Waals surface area contributed by atoms with E-state index in [1.54, 1.807) is 12.1 Å². The first kappa shape index (κ1) is 19.0. The van der Waals surface area contributed by atoms with Crippen LogP contribution in [0.4, 0.5) is 5.69 Å². The van der Waals surface area contributed by atoms with Crippen molar-refractivity contribution < 1.29 is 4.79 Å². The molecule has 1 unspecified atom stereocenters. The number of amides is 1. The molecular formula is C20H22N4O2S. The van der Waals surface area contributed by atoms with E-state index in [9.17, 15) is 9.59 Å². The largest absolute Gasteiger partial charge is 0.353 e. The normalized spacial score (nSPS) is 11.9. The zero-order valence-corrected chi connectivity index (χ0v) is 16.1. The Hall–Kier alpha value is -2.80. The van der Waals surface area contributed by atoms with Crippen molar-refractivity contribution in [2.45, 2.75) is 31.5 Å². The lowest BCUT2D eigenvalue weighted by molar-refractivity contribution is -0.119. The Labute approximate surface area is 162 Å². The zero-order chi connectivity index (χ0) is 19.2. The Kier molecular flexibility index (Phi) is 6.13. The number of fused-ring (bicyclic) bond motifs is 1. The second-order valence-electron chi connectivity index (χ2n) is 6.20. The lowest BCUT2D eigenvalue weighted by Crippen LogP contribution is -2.34. The highest BCUT2D eigenvalue weighted by molar-refractivity contribution is 7.99. The van der Waals surface area contributed by atoms with Crippen molar-refractivity contribution in [3.8, 4) is 0 Å². The van der Waals surface area contributed by atoms with Crippen LogP contribution < -0.4 is 16.3 Å². The number of carbonyl (C=O) groups is 1. The van der Waals surface area contributed by atoms with Crippen molar-refractivity contribution in [1.29, 1.82) is 0 Å². The smallest absolute Gasteiger partial charge is 0.280 e. The molecule has 0 aliphatic rings. The van der Waals surface area contributed by atoms with Crippen molar-refractivity contribution in [3.63, 3.8) is 0 Å². The Morgan fingerprint density at radius 2 is 1.85 bits per heavy atom. The van der Waals surface area contributed by atoms with E-state index in [2.05, 4.69) is 15.7 Å². The van der Waals surface area contributed by atoms with Crippen LogP contribution in [0.25, 0.3) is 10.9 Å². The van der Waals surface area contributed by atoms with Crippen LogP contribution in [0.1, 0.15) is 20.3 Å². The molecule has 3 rings (SSSR count). The van der Waals surface area contributed by atoms with E-state index < -0.39 is 0 Å². The highest BCUT2D eigenvalue weighted by atomic mass is 32.2. The molecule has 27 heavy (non-hydrogen) atoms. The molecule has 0 spiro atoms. The number of benzene rings is 2. The van der Waals surface area contributed by atoms with E-state index in [1.807, 2.05) is 56.3 Å². The van der Waals surface area contributed by atoms with Crippen LogP contribution in [0.2, 0.25) is 0 Å². The SMILES string of the molecule is CCC(C)NC(=O)CSc1nc2ccccc2c(=O)n1Nc1ccccc1. The van der Waals surface area contributed by atoms with Crippen molar-refractivity contribution in [3.05, 3.63) is 65.0 Å². The number of hydrogen-bond acceptors (Lipinski definition) is 5. The van der Waals surface area contributed by atoms with Crippen LogP contribution in [0.5, 0.6) is 0 Å². The molecular weight excluding hydrogens is 360 g/mol. The van der Waals surface area contributed by atoms with Crippen molar-refractivity contribution in [2.75, 3.05) is 11.2 Å². The summed E-state index contributed by atoms with van der Waals surface area (Å²) in [4.78, 5) is 29.7. The van der Waals surface area contributed by atoms with Gasteiger partial charge < -0.3 is 5.32 Å². The minimum Gasteiger partial charge on any atom is -0.353 e. The molecule has 0 aliphatic heterocycles. The standard InChI is InChI=1S/C20H22N4O2S/c1-3-14(2)21-18(25)13-27-20-22-17-12-8-7-11-16(17)19(26)24(20)23-15-9-5-4-6-10-15/h4-12,14,23H,3,13H2,1-2H3,(H,21,25). The Balaban J connectivity index is 1.93. The number of aromatic nitrogens is 2. The van der Waals surface area contributed by atoms with Gasteiger partial charge in [-0.1, -0.05) is 49.0 Å². The number of nitrogens with one attached hydrogen (secondary N) is 2. The maximum Gasteiger partial charge on any atom is 0.280 e. The minimum atomic E-state index is -0.200. The fourth-order valence-corrected chi connectivity index (χ4v) is 3.26. The average molecular weight is 382 g/mol. The number of hydrogen-bond donors (Lipinski definition) is 2. The number of carbonyl (C=O) groups excluding carboxylic acids is 1. The summed E-state index contributed by atoms with van der Waals surface area (Å²) in [5.41, 5.74) is 4.27.